The molecular weight excluding hydrogens is 440 g/mol. The van der Waals surface area contributed by atoms with Gasteiger partial charge in [0.25, 0.3) is 5.91 Å². The molecule has 0 radical (unpaired) electrons. The van der Waals surface area contributed by atoms with Crippen LogP contribution in [0.3, 0.4) is 0 Å². The van der Waals surface area contributed by atoms with Gasteiger partial charge >= 0.3 is 0 Å². The fourth-order valence-electron chi connectivity index (χ4n) is 2.80. The van der Waals surface area contributed by atoms with Crippen LogP contribution in [-0.4, -0.2) is 41.2 Å². The monoisotopic (exact) mass is 462 g/mol. The molecule has 0 unspecified atom stereocenters. The van der Waals surface area contributed by atoms with E-state index < -0.39 is 0 Å². The first-order chi connectivity index (χ1) is 13.8. The molecule has 2 N–H and O–H groups in total. The summed E-state index contributed by atoms with van der Waals surface area (Å²) in [5.41, 5.74) is 2.96. The Morgan fingerprint density at radius 3 is 2.45 bits per heavy atom. The number of aromatic nitrogens is 6. The molecule has 0 aliphatic carbocycles. The van der Waals surface area contributed by atoms with Gasteiger partial charge in [0.15, 0.2) is 0 Å². The lowest BCUT2D eigenvalue weighted by molar-refractivity contribution is -0.116. The third-order valence-electron chi connectivity index (χ3n) is 4.57. The summed E-state index contributed by atoms with van der Waals surface area (Å²) in [6, 6.07) is 0. The van der Waals surface area contributed by atoms with Gasteiger partial charge in [-0.1, -0.05) is 0 Å². The summed E-state index contributed by atoms with van der Waals surface area (Å²) in [7, 11) is 1.80. The van der Waals surface area contributed by atoms with Crippen molar-refractivity contribution in [2.75, 3.05) is 10.6 Å². The van der Waals surface area contributed by atoms with E-state index in [-0.39, 0.29) is 18.2 Å². The van der Waals surface area contributed by atoms with E-state index in [0.29, 0.717) is 30.2 Å². The fourth-order valence-corrected chi connectivity index (χ4v) is 3.11. The normalized spacial score (nSPS) is 10.9. The highest BCUT2D eigenvalue weighted by atomic mass is 79.9. The van der Waals surface area contributed by atoms with Crippen molar-refractivity contribution in [2.45, 2.75) is 40.3 Å². The molecule has 0 atom stereocenters. The highest BCUT2D eigenvalue weighted by Crippen LogP contribution is 2.20. The third kappa shape index (κ3) is 4.56. The first-order valence-corrected chi connectivity index (χ1v) is 9.94. The number of carbonyl (C=O) groups is 2. The highest BCUT2D eigenvalue weighted by molar-refractivity contribution is 9.10. The van der Waals surface area contributed by atoms with Gasteiger partial charge in [0.1, 0.15) is 5.69 Å². The van der Waals surface area contributed by atoms with Crippen LogP contribution in [0.1, 0.15) is 35.2 Å². The summed E-state index contributed by atoms with van der Waals surface area (Å²) < 4.78 is 5.81. The summed E-state index contributed by atoms with van der Waals surface area (Å²) in [5.74, 6) is -0.584. The second-order valence-electron chi connectivity index (χ2n) is 6.57. The van der Waals surface area contributed by atoms with Gasteiger partial charge in [-0.15, -0.1) is 0 Å². The van der Waals surface area contributed by atoms with Gasteiger partial charge in [0.05, 0.1) is 39.6 Å². The molecule has 3 aromatic heterocycles. The number of anilines is 2. The number of rotatable bonds is 7. The van der Waals surface area contributed by atoms with Gasteiger partial charge in [0, 0.05) is 32.8 Å². The minimum Gasteiger partial charge on any atom is -0.323 e. The van der Waals surface area contributed by atoms with E-state index in [4.69, 9.17) is 0 Å². The van der Waals surface area contributed by atoms with Crippen LogP contribution in [0.2, 0.25) is 0 Å². The largest absolute Gasteiger partial charge is 0.323 e. The Kier molecular flexibility index (Phi) is 6.16. The van der Waals surface area contributed by atoms with E-state index in [9.17, 15) is 9.59 Å². The first kappa shape index (κ1) is 20.8. The average molecular weight is 463 g/mol. The average Bonchev–Trinajstić information content (AvgIpc) is 3.33. The molecule has 11 heteroatoms. The Labute approximate surface area is 176 Å². The number of carbonyl (C=O) groups excluding carboxylic acids is 2. The second kappa shape index (κ2) is 8.60. The zero-order valence-electron chi connectivity index (χ0n) is 16.7. The molecular formula is C18H23BrN8O2. The predicted molar refractivity (Wildman–Crippen MR) is 112 cm³/mol. The summed E-state index contributed by atoms with van der Waals surface area (Å²) in [4.78, 5) is 25.3. The molecule has 154 valence electrons. The number of amides is 2. The minimum atomic E-state index is -0.359. The molecule has 0 fully saturated rings. The first-order valence-electron chi connectivity index (χ1n) is 9.15. The van der Waals surface area contributed by atoms with Crippen LogP contribution >= 0.6 is 15.9 Å². The van der Waals surface area contributed by atoms with Gasteiger partial charge in [-0.25, -0.2) is 0 Å². The maximum Gasteiger partial charge on any atom is 0.276 e. The minimum absolute atomic E-state index is 0.216. The topological polar surface area (TPSA) is 112 Å². The number of hydrogen-bond donors (Lipinski definition) is 2. The molecule has 0 saturated carbocycles. The molecule has 10 nitrogen and oxygen atoms in total. The predicted octanol–water partition coefficient (Wildman–Crippen LogP) is 2.49. The SMILES string of the molecule is CCn1ncc(NC(=O)CCn2cc(Br)c(C)n2)c1C(=O)Nc1cnn(C)c1C. The van der Waals surface area contributed by atoms with E-state index >= 15 is 0 Å². The summed E-state index contributed by atoms with van der Waals surface area (Å²) in [6.07, 6.45) is 5.11. The number of hydrogen-bond acceptors (Lipinski definition) is 5. The fraction of sp³-hybridized carbons (Fsp3) is 0.389. The van der Waals surface area contributed by atoms with E-state index in [0.717, 1.165) is 15.9 Å². The van der Waals surface area contributed by atoms with Gasteiger partial charge in [0.2, 0.25) is 5.91 Å². The Bertz CT molecular complexity index is 1030. The van der Waals surface area contributed by atoms with E-state index in [1.807, 2.05) is 27.0 Å². The molecule has 2 amide bonds. The number of nitrogens with one attached hydrogen (secondary N) is 2. The van der Waals surface area contributed by atoms with Crippen molar-refractivity contribution in [3.05, 3.63) is 40.1 Å². The Morgan fingerprint density at radius 2 is 1.86 bits per heavy atom. The maximum absolute atomic E-state index is 12.9. The lowest BCUT2D eigenvalue weighted by Crippen LogP contribution is -2.21. The molecule has 0 aliphatic rings. The molecule has 3 aromatic rings. The molecule has 0 bridgehead atoms. The number of aryl methyl sites for hydroxylation is 4. The quantitative estimate of drug-likeness (QED) is 0.559. The number of nitrogens with zero attached hydrogens (tertiary/aromatic N) is 6. The standard InChI is InChI=1S/C18H23BrN8O2/c1-5-27-17(18(29)23-14-8-20-25(4)12(14)3)15(9-21-27)22-16(28)6-7-26-10-13(19)11(2)24-26/h8-10H,5-7H2,1-4H3,(H,22,28)(H,23,29). The lowest BCUT2D eigenvalue weighted by Gasteiger charge is -2.10. The zero-order valence-corrected chi connectivity index (χ0v) is 18.3. The third-order valence-corrected chi connectivity index (χ3v) is 5.34. The molecule has 0 aliphatic heterocycles. The Morgan fingerprint density at radius 1 is 1.14 bits per heavy atom. The van der Waals surface area contributed by atoms with Crippen LogP contribution in [0.5, 0.6) is 0 Å². The molecule has 3 heterocycles. The zero-order chi connectivity index (χ0) is 21.1. The summed E-state index contributed by atoms with van der Waals surface area (Å²) >= 11 is 3.40. The lowest BCUT2D eigenvalue weighted by atomic mass is 10.3. The number of halogens is 1. The van der Waals surface area contributed by atoms with Crippen LogP contribution in [-0.2, 0) is 24.9 Å². The van der Waals surface area contributed by atoms with Gasteiger partial charge in [-0.3, -0.25) is 23.6 Å². The van der Waals surface area contributed by atoms with Gasteiger partial charge < -0.3 is 10.6 Å². The van der Waals surface area contributed by atoms with Gasteiger partial charge in [-0.05, 0) is 36.7 Å². The van der Waals surface area contributed by atoms with Crippen molar-refractivity contribution in [1.29, 1.82) is 0 Å². The Balaban J connectivity index is 1.71. The highest BCUT2D eigenvalue weighted by Gasteiger charge is 2.21. The van der Waals surface area contributed by atoms with E-state index in [1.165, 1.54) is 6.20 Å². The van der Waals surface area contributed by atoms with Crippen molar-refractivity contribution in [3.8, 4) is 0 Å². The second-order valence-corrected chi connectivity index (χ2v) is 7.42. The van der Waals surface area contributed by atoms with E-state index in [1.54, 1.807) is 27.3 Å². The van der Waals surface area contributed by atoms with Crippen LogP contribution in [0.15, 0.2) is 23.1 Å². The maximum atomic E-state index is 12.9. The summed E-state index contributed by atoms with van der Waals surface area (Å²) in [5, 5.41) is 18.3. The van der Waals surface area contributed by atoms with Crippen molar-refractivity contribution >= 4 is 39.1 Å². The molecule has 29 heavy (non-hydrogen) atoms. The van der Waals surface area contributed by atoms with E-state index in [2.05, 4.69) is 41.9 Å². The molecule has 0 saturated heterocycles. The summed E-state index contributed by atoms with van der Waals surface area (Å²) in [6.45, 7) is 6.54. The molecule has 0 spiro atoms. The van der Waals surface area contributed by atoms with Crippen molar-refractivity contribution < 1.29 is 9.59 Å². The smallest absolute Gasteiger partial charge is 0.276 e. The van der Waals surface area contributed by atoms with Crippen LogP contribution < -0.4 is 10.6 Å². The van der Waals surface area contributed by atoms with Crippen molar-refractivity contribution in [2.24, 2.45) is 7.05 Å². The van der Waals surface area contributed by atoms with Crippen molar-refractivity contribution in [3.63, 3.8) is 0 Å². The van der Waals surface area contributed by atoms with Crippen LogP contribution in [0.25, 0.3) is 0 Å². The molecule has 3 rings (SSSR count). The molecule has 0 aromatic carbocycles. The van der Waals surface area contributed by atoms with Crippen LogP contribution in [0, 0.1) is 13.8 Å². The van der Waals surface area contributed by atoms with Gasteiger partial charge in [-0.2, -0.15) is 15.3 Å². The van der Waals surface area contributed by atoms with Crippen molar-refractivity contribution in [1.82, 2.24) is 29.3 Å². The Hall–Kier alpha value is -2.95. The van der Waals surface area contributed by atoms with Crippen LogP contribution in [0.4, 0.5) is 11.4 Å².